The second kappa shape index (κ2) is 4.59. The second-order valence-electron chi connectivity index (χ2n) is 3.20. The molecule has 0 radical (unpaired) electrons. The minimum atomic E-state index is -0.988. The lowest BCUT2D eigenvalue weighted by Gasteiger charge is -2.14. The van der Waals surface area contributed by atoms with Gasteiger partial charge in [0.2, 0.25) is 0 Å². The molecule has 0 aliphatic carbocycles. The van der Waals surface area contributed by atoms with Crippen molar-refractivity contribution in [1.29, 1.82) is 0 Å². The Kier molecular flexibility index (Phi) is 3.44. The van der Waals surface area contributed by atoms with Gasteiger partial charge in [0.25, 0.3) is 5.91 Å². The van der Waals surface area contributed by atoms with Crippen LogP contribution in [0.5, 0.6) is 0 Å². The van der Waals surface area contributed by atoms with Crippen LogP contribution in [0.3, 0.4) is 0 Å². The predicted molar refractivity (Wildman–Crippen MR) is 56.0 cm³/mol. The molecule has 0 aliphatic heterocycles. The van der Waals surface area contributed by atoms with Gasteiger partial charge in [-0.1, -0.05) is 0 Å². The molecule has 0 heterocycles. The highest BCUT2D eigenvalue weighted by atomic mass is 16.4. The highest BCUT2D eigenvalue weighted by molar-refractivity contribution is 5.95. The fourth-order valence-electron chi connectivity index (χ4n) is 1.12. The van der Waals surface area contributed by atoms with Crippen molar-refractivity contribution in [1.82, 2.24) is 4.90 Å². The van der Waals surface area contributed by atoms with E-state index in [9.17, 15) is 9.59 Å². The fourth-order valence-corrected chi connectivity index (χ4v) is 1.12. The number of hydrogen-bond acceptors (Lipinski definition) is 2. The van der Waals surface area contributed by atoms with Gasteiger partial charge < -0.3 is 10.0 Å². The molecule has 0 spiro atoms. The van der Waals surface area contributed by atoms with E-state index in [0.717, 1.165) is 0 Å². The van der Waals surface area contributed by atoms with Gasteiger partial charge in [-0.2, -0.15) is 0 Å². The largest absolute Gasteiger partial charge is 0.478 e. The van der Waals surface area contributed by atoms with Crippen LogP contribution in [0, 0.1) is 0 Å². The van der Waals surface area contributed by atoms with E-state index in [-0.39, 0.29) is 11.5 Å². The van der Waals surface area contributed by atoms with E-state index in [1.807, 2.05) is 6.92 Å². The van der Waals surface area contributed by atoms with Crippen molar-refractivity contribution in [3.63, 3.8) is 0 Å². The van der Waals surface area contributed by atoms with E-state index in [1.165, 1.54) is 24.3 Å². The summed E-state index contributed by atoms with van der Waals surface area (Å²) in [6.07, 6.45) is 0. The van der Waals surface area contributed by atoms with E-state index < -0.39 is 5.97 Å². The number of carboxylic acids is 1. The number of aromatic carboxylic acids is 1. The van der Waals surface area contributed by atoms with E-state index in [2.05, 4.69) is 0 Å². The van der Waals surface area contributed by atoms with Crippen molar-refractivity contribution >= 4 is 11.9 Å². The summed E-state index contributed by atoms with van der Waals surface area (Å²) < 4.78 is 0. The van der Waals surface area contributed by atoms with Crippen molar-refractivity contribution in [3.05, 3.63) is 35.4 Å². The predicted octanol–water partition coefficient (Wildman–Crippen LogP) is 1.48. The van der Waals surface area contributed by atoms with Gasteiger partial charge >= 0.3 is 5.97 Å². The molecular formula is C11H13NO3. The molecule has 0 bridgehead atoms. The van der Waals surface area contributed by atoms with Crippen LogP contribution in [0.1, 0.15) is 27.6 Å². The molecule has 4 heteroatoms. The Hall–Kier alpha value is -1.84. The summed E-state index contributed by atoms with van der Waals surface area (Å²) in [7, 11) is 1.70. The van der Waals surface area contributed by atoms with Crippen molar-refractivity contribution in [2.24, 2.45) is 0 Å². The fraction of sp³-hybridized carbons (Fsp3) is 0.273. The zero-order valence-corrected chi connectivity index (χ0v) is 8.73. The minimum absolute atomic E-state index is 0.102. The van der Waals surface area contributed by atoms with Gasteiger partial charge in [-0.25, -0.2) is 4.79 Å². The third-order valence-corrected chi connectivity index (χ3v) is 2.20. The van der Waals surface area contributed by atoms with Crippen LogP contribution in [0.25, 0.3) is 0 Å². The average Bonchev–Trinajstić information content (AvgIpc) is 2.27. The monoisotopic (exact) mass is 207 g/mol. The molecule has 1 N–H and O–H groups in total. The van der Waals surface area contributed by atoms with Gasteiger partial charge in [-0.05, 0) is 31.2 Å². The van der Waals surface area contributed by atoms with Crippen LogP contribution in [0.4, 0.5) is 0 Å². The molecule has 1 rings (SSSR count). The number of rotatable bonds is 3. The number of amides is 1. The molecule has 4 nitrogen and oxygen atoms in total. The first-order valence-corrected chi connectivity index (χ1v) is 4.65. The molecule has 1 amide bonds. The SMILES string of the molecule is CCN(C)C(=O)c1ccc(C(=O)O)cc1. The van der Waals surface area contributed by atoms with Crippen molar-refractivity contribution < 1.29 is 14.7 Å². The summed E-state index contributed by atoms with van der Waals surface area (Å²) >= 11 is 0. The topological polar surface area (TPSA) is 57.6 Å². The lowest BCUT2D eigenvalue weighted by Crippen LogP contribution is -2.26. The summed E-state index contributed by atoms with van der Waals surface area (Å²) in [5, 5.41) is 8.67. The molecule has 0 aromatic heterocycles. The molecule has 1 aromatic rings. The van der Waals surface area contributed by atoms with Crippen molar-refractivity contribution in [3.8, 4) is 0 Å². The zero-order valence-electron chi connectivity index (χ0n) is 8.73. The van der Waals surface area contributed by atoms with Gasteiger partial charge in [0.15, 0.2) is 0 Å². The maximum absolute atomic E-state index is 11.6. The van der Waals surface area contributed by atoms with Crippen LogP contribution in [0.15, 0.2) is 24.3 Å². The average molecular weight is 207 g/mol. The molecule has 0 aliphatic rings. The normalized spacial score (nSPS) is 9.73. The maximum atomic E-state index is 11.6. The minimum Gasteiger partial charge on any atom is -0.478 e. The van der Waals surface area contributed by atoms with Crippen LogP contribution in [0.2, 0.25) is 0 Å². The smallest absolute Gasteiger partial charge is 0.335 e. The number of carbonyl (C=O) groups is 2. The number of carboxylic acid groups (broad SMARTS) is 1. The lowest BCUT2D eigenvalue weighted by molar-refractivity contribution is 0.0695. The summed E-state index contributed by atoms with van der Waals surface area (Å²) in [6.45, 7) is 2.50. The molecular weight excluding hydrogens is 194 g/mol. The number of hydrogen-bond donors (Lipinski definition) is 1. The third kappa shape index (κ3) is 2.56. The van der Waals surface area contributed by atoms with Gasteiger partial charge in [0.1, 0.15) is 0 Å². The summed E-state index contributed by atoms with van der Waals surface area (Å²) in [5.74, 6) is -1.09. The van der Waals surface area contributed by atoms with Crippen molar-refractivity contribution in [2.75, 3.05) is 13.6 Å². The Morgan fingerprint density at radius 2 is 1.67 bits per heavy atom. The summed E-state index contributed by atoms with van der Waals surface area (Å²) in [6, 6.07) is 5.91. The highest BCUT2D eigenvalue weighted by Gasteiger charge is 2.10. The molecule has 1 aromatic carbocycles. The lowest BCUT2D eigenvalue weighted by atomic mass is 10.1. The second-order valence-corrected chi connectivity index (χ2v) is 3.20. The first-order valence-electron chi connectivity index (χ1n) is 4.65. The zero-order chi connectivity index (χ0) is 11.4. The molecule has 80 valence electrons. The summed E-state index contributed by atoms with van der Waals surface area (Å²) in [4.78, 5) is 23.8. The van der Waals surface area contributed by atoms with Crippen molar-refractivity contribution in [2.45, 2.75) is 6.92 Å². The Bertz CT molecular complexity index is 370. The van der Waals surface area contributed by atoms with Crippen LogP contribution in [-0.4, -0.2) is 35.5 Å². The number of nitrogens with zero attached hydrogens (tertiary/aromatic N) is 1. The van der Waals surface area contributed by atoms with Gasteiger partial charge in [0.05, 0.1) is 5.56 Å². The number of carbonyl (C=O) groups excluding carboxylic acids is 1. The standard InChI is InChI=1S/C11H13NO3/c1-3-12(2)10(13)8-4-6-9(7-5-8)11(14)15/h4-7H,3H2,1-2H3,(H,14,15). The molecule has 0 atom stereocenters. The van der Waals surface area contributed by atoms with E-state index in [1.54, 1.807) is 11.9 Å². The first-order chi connectivity index (χ1) is 7.06. The number of benzene rings is 1. The molecule has 0 saturated carbocycles. The molecule has 15 heavy (non-hydrogen) atoms. The van der Waals surface area contributed by atoms with Gasteiger partial charge in [-0.15, -0.1) is 0 Å². The Morgan fingerprint density at radius 1 is 1.20 bits per heavy atom. The first kappa shape index (κ1) is 11.2. The Morgan fingerprint density at radius 3 is 2.07 bits per heavy atom. The Labute approximate surface area is 88.1 Å². The maximum Gasteiger partial charge on any atom is 0.335 e. The van der Waals surface area contributed by atoms with E-state index >= 15 is 0 Å². The van der Waals surface area contributed by atoms with Crippen LogP contribution < -0.4 is 0 Å². The van der Waals surface area contributed by atoms with Crippen LogP contribution >= 0.6 is 0 Å². The Balaban J connectivity index is 2.89. The highest BCUT2D eigenvalue weighted by Crippen LogP contribution is 2.06. The quantitative estimate of drug-likeness (QED) is 0.816. The van der Waals surface area contributed by atoms with E-state index in [0.29, 0.717) is 12.1 Å². The molecule has 0 unspecified atom stereocenters. The molecule has 0 fully saturated rings. The van der Waals surface area contributed by atoms with Crippen LogP contribution in [-0.2, 0) is 0 Å². The van der Waals surface area contributed by atoms with Gasteiger partial charge in [0, 0.05) is 19.2 Å². The summed E-state index contributed by atoms with van der Waals surface area (Å²) in [5.41, 5.74) is 0.690. The van der Waals surface area contributed by atoms with E-state index in [4.69, 9.17) is 5.11 Å². The molecule has 0 saturated heterocycles. The van der Waals surface area contributed by atoms with Gasteiger partial charge in [-0.3, -0.25) is 4.79 Å². The third-order valence-electron chi connectivity index (χ3n) is 2.20.